The van der Waals surface area contributed by atoms with Gasteiger partial charge in [0.05, 0.1) is 34.1 Å². The first-order chi connectivity index (χ1) is 38.2. The normalized spacial score (nSPS) is 45.8. The molecule has 4 heterocycles. The minimum atomic E-state index is -2.29. The van der Waals surface area contributed by atoms with Gasteiger partial charge in [-0.25, -0.2) is 9.59 Å². The van der Waals surface area contributed by atoms with Crippen LogP contribution in [0.15, 0.2) is 48.6 Å². The summed E-state index contributed by atoms with van der Waals surface area (Å²) in [5.74, 6) is -5.44. The van der Waals surface area contributed by atoms with Crippen LogP contribution in [0.25, 0.3) is 0 Å². The van der Waals surface area contributed by atoms with Gasteiger partial charge >= 0.3 is 12.3 Å². The number of fused-ring (bicyclic) bond motifs is 8. The van der Waals surface area contributed by atoms with Crippen molar-refractivity contribution in [3.8, 4) is 0 Å². The molecule has 4 N–H and O–H groups in total. The van der Waals surface area contributed by atoms with Gasteiger partial charge in [-0.3, -0.25) is 0 Å². The Balaban J connectivity index is 0.000000221. The molecule has 84 heavy (non-hydrogen) atoms. The van der Waals surface area contributed by atoms with Crippen LogP contribution in [0.3, 0.4) is 0 Å². The molecule has 0 aromatic rings. The Morgan fingerprint density at radius 1 is 0.607 bits per heavy atom. The second-order valence-electron chi connectivity index (χ2n) is 30.1. The summed E-state index contributed by atoms with van der Waals surface area (Å²) >= 11 is 19.1. The van der Waals surface area contributed by atoms with E-state index >= 15 is 0 Å². The lowest BCUT2D eigenvalue weighted by Crippen LogP contribution is -2.73. The molecule has 0 aromatic carbocycles. The first-order valence-corrected chi connectivity index (χ1v) is 37.7. The zero-order chi connectivity index (χ0) is 64.0. The Morgan fingerprint density at radius 2 is 0.893 bits per heavy atom. The van der Waals surface area contributed by atoms with Crippen LogP contribution >= 0.6 is 46.4 Å². The van der Waals surface area contributed by atoms with Crippen molar-refractivity contribution in [1.29, 1.82) is 0 Å². The summed E-state index contributed by atoms with van der Waals surface area (Å²) in [6, 6.07) is 0. The summed E-state index contributed by atoms with van der Waals surface area (Å²) in [5, 5.41) is 50.1. The van der Waals surface area contributed by atoms with E-state index in [-0.39, 0.29) is 44.8 Å². The zero-order valence-electron chi connectivity index (χ0n) is 53.5. The average molecular weight is 1300 g/mol. The standard InChI is InChI=1S/2C30H48O8Si.2CH2Cl2/c2*1-15(2)29-21(31)18(5)28(33)19(24(29)34-25(32)36-29)13-16(3)22-30(38-27(9,10)35-22)20(28)14-17(4)23(30)37-39(11,12)26(6,7)8;2*2-1-3/h2*17-24,31,33H,1,3,13-14H2,2,4-12H3;2*1H2/t2*17-,18+,19-,20-,21+,22+,23-,24+,28+,29-,30-;;/m00../s1. The fourth-order valence-corrected chi connectivity index (χ4v) is 19.5. The molecule has 0 unspecified atom stereocenters. The van der Waals surface area contributed by atoms with Gasteiger partial charge in [0.25, 0.3) is 0 Å². The molecule has 480 valence electrons. The molecule has 0 amide bonds. The van der Waals surface area contributed by atoms with Crippen LogP contribution in [0, 0.1) is 47.3 Å². The van der Waals surface area contributed by atoms with Crippen LogP contribution in [0.5, 0.6) is 0 Å². The predicted molar refractivity (Wildman–Crippen MR) is 330 cm³/mol. The van der Waals surface area contributed by atoms with E-state index in [0.717, 1.165) is 11.1 Å². The number of ether oxygens (including phenoxy) is 8. The number of halogens is 4. The number of carbonyl (C=O) groups is 2. The van der Waals surface area contributed by atoms with Crippen LogP contribution in [0.2, 0.25) is 36.3 Å². The number of carbonyl (C=O) groups excluding carboxylic acids is 2. The van der Waals surface area contributed by atoms with Gasteiger partial charge < -0.3 is 67.2 Å². The molecule has 16 nitrogen and oxygen atoms in total. The molecule has 10 fully saturated rings. The Morgan fingerprint density at radius 3 is 1.15 bits per heavy atom. The Kier molecular flexibility index (Phi) is 19.1. The summed E-state index contributed by atoms with van der Waals surface area (Å²) in [5.41, 5.74) is -5.52. The number of aliphatic hydroxyl groups is 4. The van der Waals surface area contributed by atoms with E-state index in [1.54, 1.807) is 13.8 Å². The molecule has 22 heteroatoms. The van der Waals surface area contributed by atoms with Gasteiger partial charge in [0, 0.05) is 35.5 Å². The van der Waals surface area contributed by atoms with Gasteiger partial charge in [0.15, 0.2) is 51.6 Å². The van der Waals surface area contributed by atoms with E-state index in [2.05, 4.69) is 108 Å². The smallest absolute Gasteiger partial charge is 0.426 e. The van der Waals surface area contributed by atoms with E-state index < -0.39 is 146 Å². The maximum atomic E-state index is 13.1. The van der Waals surface area contributed by atoms with Crippen molar-refractivity contribution in [1.82, 2.24) is 0 Å². The maximum absolute atomic E-state index is 13.1. The van der Waals surface area contributed by atoms with Gasteiger partial charge in [0.2, 0.25) is 0 Å². The summed E-state index contributed by atoms with van der Waals surface area (Å²) in [6.07, 6.45) is -6.09. The molecule has 4 saturated heterocycles. The molecular weight excluding hydrogens is 1200 g/mol. The minimum Gasteiger partial charge on any atom is -0.426 e. The van der Waals surface area contributed by atoms with Crippen molar-refractivity contribution in [2.75, 3.05) is 10.7 Å². The predicted octanol–water partition coefficient (Wildman–Crippen LogP) is 13.0. The number of rotatable bonds is 6. The van der Waals surface area contributed by atoms with Crippen molar-refractivity contribution < 1.29 is 76.8 Å². The van der Waals surface area contributed by atoms with Crippen LogP contribution in [0.1, 0.15) is 136 Å². The number of alkyl halides is 4. The Bertz CT molecular complexity index is 2420. The first kappa shape index (κ1) is 70.2. The highest BCUT2D eigenvalue weighted by Gasteiger charge is 2.83. The SMILES string of the molecule is C=C1C[C@H]2[C@H]3OC(=O)O[C@@]3(C(=C)C)[C@H](O)[C@@H](C)[C@]2(O)[C@@H]2C[C@H](C)[C@H](O[Si](C)(C)C(C)(C)C)[C@]23OC(C)(C)O[C@H]13.C=C1C[C@H]2[C@H]3OC(=O)O[C@@]3(C(=C)C)[C@H](O)[C@@H](C)[C@]2(O)[C@@H]2C[C@H](C)[C@H](O[Si](C)(C)C(C)(C)C)[C@]23OC(C)(C)O[C@H]13.ClCCl.ClCCl. The van der Waals surface area contributed by atoms with Crippen LogP contribution < -0.4 is 0 Å². The Labute approximate surface area is 522 Å². The highest BCUT2D eigenvalue weighted by molar-refractivity contribution is 6.74. The lowest BCUT2D eigenvalue weighted by atomic mass is 9.53. The molecule has 10 aliphatic rings. The van der Waals surface area contributed by atoms with Crippen molar-refractivity contribution in [2.24, 2.45) is 47.3 Å². The van der Waals surface area contributed by atoms with Crippen LogP contribution in [-0.4, -0.2) is 154 Å². The van der Waals surface area contributed by atoms with Crippen molar-refractivity contribution in [2.45, 2.75) is 267 Å². The van der Waals surface area contributed by atoms with Gasteiger partial charge in [-0.1, -0.05) is 95.6 Å². The molecule has 0 aromatic heterocycles. The first-order valence-electron chi connectivity index (χ1n) is 29.8. The number of hydrogen-bond acceptors (Lipinski definition) is 16. The highest BCUT2D eigenvalue weighted by atomic mass is 35.5. The monoisotopic (exact) mass is 1300 g/mol. The average Bonchev–Trinajstić information content (AvgIpc) is 1.51. The summed E-state index contributed by atoms with van der Waals surface area (Å²) in [6.45, 7) is 58.3. The fourth-order valence-electron chi connectivity index (χ4n) is 16.7. The Hall–Kier alpha value is -1.31. The van der Waals surface area contributed by atoms with Crippen LogP contribution in [-0.2, 0) is 46.7 Å². The minimum absolute atomic E-state index is 0.0271. The van der Waals surface area contributed by atoms with Crippen molar-refractivity contribution in [3.63, 3.8) is 0 Å². The summed E-state index contributed by atoms with van der Waals surface area (Å²) < 4.78 is 64.6. The van der Waals surface area contributed by atoms with E-state index in [1.807, 2.05) is 41.5 Å². The van der Waals surface area contributed by atoms with Crippen molar-refractivity contribution in [3.05, 3.63) is 48.6 Å². The molecule has 4 aliphatic heterocycles. The quantitative estimate of drug-likeness (QED) is 0.0844. The molecule has 22 atom stereocenters. The lowest BCUT2D eigenvalue weighted by Gasteiger charge is -2.58. The third-order valence-electron chi connectivity index (χ3n) is 22.3. The molecule has 6 saturated carbocycles. The molecule has 6 aliphatic carbocycles. The third kappa shape index (κ3) is 10.3. The topological polar surface area (TPSA) is 207 Å². The maximum Gasteiger partial charge on any atom is 0.509 e. The fraction of sp³-hybridized carbons (Fsp3) is 0.839. The van der Waals surface area contributed by atoms with E-state index in [0.29, 0.717) is 36.8 Å². The third-order valence-corrected chi connectivity index (χ3v) is 31.2. The molecule has 2 spiro atoms. The van der Waals surface area contributed by atoms with E-state index in [4.69, 9.17) is 93.2 Å². The van der Waals surface area contributed by atoms with Crippen LogP contribution in [0.4, 0.5) is 9.59 Å². The molecule has 10 rings (SSSR count). The van der Waals surface area contributed by atoms with Gasteiger partial charge in [-0.05, 0) is 138 Å². The zero-order valence-corrected chi connectivity index (χ0v) is 58.5. The summed E-state index contributed by atoms with van der Waals surface area (Å²) in [4.78, 5) is 25.2. The number of hydrogen-bond donors (Lipinski definition) is 4. The van der Waals surface area contributed by atoms with E-state index in [1.165, 1.54) is 0 Å². The van der Waals surface area contributed by atoms with Gasteiger partial charge in [-0.15, -0.1) is 46.4 Å². The van der Waals surface area contributed by atoms with Gasteiger partial charge in [-0.2, -0.15) is 0 Å². The molecule has 0 radical (unpaired) electrons. The number of aliphatic hydroxyl groups excluding tert-OH is 2. The van der Waals surface area contributed by atoms with Crippen molar-refractivity contribution >= 4 is 75.3 Å². The van der Waals surface area contributed by atoms with E-state index in [9.17, 15) is 30.0 Å². The largest absolute Gasteiger partial charge is 0.509 e. The molecule has 0 bridgehead atoms. The summed E-state index contributed by atoms with van der Waals surface area (Å²) in [7, 11) is -4.58. The molecular formula is C62H100Cl4O16Si2. The van der Waals surface area contributed by atoms with Gasteiger partial charge in [0.1, 0.15) is 35.6 Å². The second-order valence-corrected chi connectivity index (χ2v) is 41.3. The lowest BCUT2D eigenvalue weighted by molar-refractivity contribution is -0.268. The second kappa shape index (κ2) is 22.8. The highest BCUT2D eigenvalue weighted by Crippen LogP contribution is 2.70.